The minimum absolute atomic E-state index is 0.191. The van der Waals surface area contributed by atoms with Gasteiger partial charge in [-0.25, -0.2) is 15.0 Å². The lowest BCUT2D eigenvalue weighted by Crippen LogP contribution is -2.51. The van der Waals surface area contributed by atoms with Crippen molar-refractivity contribution in [1.82, 2.24) is 34.7 Å². The van der Waals surface area contributed by atoms with Gasteiger partial charge in [-0.1, -0.05) is 0 Å². The van der Waals surface area contributed by atoms with E-state index in [1.807, 2.05) is 31.5 Å². The molecule has 3 aromatic heterocycles. The number of aromatic nitrogens is 5. The van der Waals surface area contributed by atoms with Crippen LogP contribution in [0.4, 0.5) is 5.95 Å². The number of hydrogen-bond acceptors (Lipinski definition) is 7. The minimum atomic E-state index is 0.191. The van der Waals surface area contributed by atoms with Gasteiger partial charge >= 0.3 is 0 Å². The number of nitrogens with one attached hydrogen (secondary N) is 3. The summed E-state index contributed by atoms with van der Waals surface area (Å²) in [5.74, 6) is 1.86. The van der Waals surface area contributed by atoms with Crippen LogP contribution < -0.4 is 10.6 Å². The van der Waals surface area contributed by atoms with Crippen LogP contribution in [-0.2, 0) is 17.7 Å². The second-order valence-corrected chi connectivity index (χ2v) is 7.15. The zero-order chi connectivity index (χ0) is 19.9. The van der Waals surface area contributed by atoms with Crippen molar-refractivity contribution in [2.45, 2.75) is 32.5 Å². The molecule has 3 N–H and O–H groups in total. The first-order valence-corrected chi connectivity index (χ1v) is 10.4. The standard InChI is InChI=1S/C20H30N8O/c1-2-29-15-14-28-18(25-16-4-3-7-22-19(16)28)6-5-17(26-20-23-8-9-24-20)27-12-10-21-11-13-27/h3-4,7-9,17,21H,2,5-6,10-15H2,1H3,(H2,23,24,26). The number of pyridine rings is 1. The van der Waals surface area contributed by atoms with Gasteiger partial charge < -0.3 is 24.9 Å². The van der Waals surface area contributed by atoms with E-state index in [4.69, 9.17) is 9.72 Å². The second-order valence-electron chi connectivity index (χ2n) is 7.15. The van der Waals surface area contributed by atoms with Crippen molar-refractivity contribution in [1.29, 1.82) is 0 Å². The number of imidazole rings is 2. The molecule has 0 spiro atoms. The van der Waals surface area contributed by atoms with Crippen LogP contribution in [0.25, 0.3) is 11.2 Å². The van der Waals surface area contributed by atoms with Gasteiger partial charge in [-0.2, -0.15) is 0 Å². The summed E-state index contributed by atoms with van der Waals surface area (Å²) in [5, 5.41) is 6.98. The largest absolute Gasteiger partial charge is 0.380 e. The number of aromatic amines is 1. The van der Waals surface area contributed by atoms with E-state index in [2.05, 4.69) is 35.1 Å². The fraction of sp³-hybridized carbons (Fsp3) is 0.550. The fourth-order valence-electron chi connectivity index (χ4n) is 3.84. The highest BCUT2D eigenvalue weighted by atomic mass is 16.5. The number of piperazine rings is 1. The highest BCUT2D eigenvalue weighted by molar-refractivity contribution is 5.71. The molecule has 1 atom stereocenters. The van der Waals surface area contributed by atoms with E-state index in [0.29, 0.717) is 13.2 Å². The third kappa shape index (κ3) is 4.92. The maximum atomic E-state index is 5.59. The van der Waals surface area contributed by atoms with Crippen LogP contribution in [0.3, 0.4) is 0 Å². The van der Waals surface area contributed by atoms with Crippen LogP contribution in [-0.4, -0.2) is 75.0 Å². The van der Waals surface area contributed by atoms with Crippen LogP contribution in [0, 0.1) is 0 Å². The van der Waals surface area contributed by atoms with E-state index in [-0.39, 0.29) is 6.17 Å². The van der Waals surface area contributed by atoms with Crippen molar-refractivity contribution in [2.75, 3.05) is 44.7 Å². The molecule has 1 aliphatic rings. The maximum absolute atomic E-state index is 5.59. The molecule has 0 bridgehead atoms. The predicted octanol–water partition coefficient (Wildman–Crippen LogP) is 1.47. The Morgan fingerprint density at radius 2 is 2.14 bits per heavy atom. The number of nitrogens with zero attached hydrogens (tertiary/aromatic N) is 5. The maximum Gasteiger partial charge on any atom is 0.201 e. The smallest absolute Gasteiger partial charge is 0.201 e. The Balaban J connectivity index is 1.51. The predicted molar refractivity (Wildman–Crippen MR) is 113 cm³/mol. The lowest BCUT2D eigenvalue weighted by molar-refractivity contribution is 0.138. The lowest BCUT2D eigenvalue weighted by Gasteiger charge is -2.35. The zero-order valence-corrected chi connectivity index (χ0v) is 17.0. The molecule has 29 heavy (non-hydrogen) atoms. The Labute approximate surface area is 170 Å². The molecule has 1 unspecified atom stereocenters. The molecular weight excluding hydrogens is 368 g/mol. The van der Waals surface area contributed by atoms with E-state index in [9.17, 15) is 0 Å². The van der Waals surface area contributed by atoms with Gasteiger partial charge in [0, 0.05) is 64.3 Å². The van der Waals surface area contributed by atoms with Gasteiger partial charge in [0.05, 0.1) is 12.8 Å². The summed E-state index contributed by atoms with van der Waals surface area (Å²) in [6.07, 6.45) is 7.42. The quantitative estimate of drug-likeness (QED) is 0.445. The molecule has 1 aliphatic heterocycles. The average molecular weight is 399 g/mol. The molecule has 0 amide bonds. The summed E-state index contributed by atoms with van der Waals surface area (Å²) >= 11 is 0. The molecule has 9 heteroatoms. The Morgan fingerprint density at radius 1 is 1.24 bits per heavy atom. The van der Waals surface area contributed by atoms with Crippen molar-refractivity contribution in [3.05, 3.63) is 36.5 Å². The zero-order valence-electron chi connectivity index (χ0n) is 17.0. The minimum Gasteiger partial charge on any atom is -0.380 e. The van der Waals surface area contributed by atoms with E-state index >= 15 is 0 Å². The Kier molecular flexibility index (Phi) is 6.71. The van der Waals surface area contributed by atoms with Crippen molar-refractivity contribution in [3.63, 3.8) is 0 Å². The van der Waals surface area contributed by atoms with Gasteiger partial charge in [-0.3, -0.25) is 4.90 Å². The third-order valence-corrected chi connectivity index (χ3v) is 5.28. The molecule has 9 nitrogen and oxygen atoms in total. The van der Waals surface area contributed by atoms with Crippen LogP contribution >= 0.6 is 0 Å². The molecule has 4 heterocycles. The topological polar surface area (TPSA) is 95.9 Å². The molecule has 0 saturated carbocycles. The van der Waals surface area contributed by atoms with Crippen molar-refractivity contribution < 1.29 is 4.74 Å². The van der Waals surface area contributed by atoms with Crippen LogP contribution in [0.5, 0.6) is 0 Å². The first-order chi connectivity index (χ1) is 14.3. The normalized spacial score (nSPS) is 16.3. The van der Waals surface area contributed by atoms with Gasteiger partial charge in [0.2, 0.25) is 5.95 Å². The first-order valence-electron chi connectivity index (χ1n) is 10.4. The summed E-state index contributed by atoms with van der Waals surface area (Å²) in [6.45, 7) is 8.21. The van der Waals surface area contributed by atoms with Gasteiger partial charge in [0.15, 0.2) is 5.65 Å². The summed E-state index contributed by atoms with van der Waals surface area (Å²) in [5.41, 5.74) is 1.87. The number of rotatable bonds is 10. The highest BCUT2D eigenvalue weighted by Gasteiger charge is 2.22. The average Bonchev–Trinajstić information content (AvgIpc) is 3.40. The molecular formula is C20H30N8O. The van der Waals surface area contributed by atoms with Gasteiger partial charge in [-0.15, -0.1) is 0 Å². The molecule has 156 valence electrons. The number of hydrogen-bond donors (Lipinski definition) is 3. The number of anilines is 1. The molecule has 0 radical (unpaired) electrons. The van der Waals surface area contributed by atoms with Crippen LogP contribution in [0.1, 0.15) is 19.2 Å². The SMILES string of the molecule is CCOCCn1c(CCC(Nc2ncc[nH]2)N2CCNCC2)nc2cccnc21. The van der Waals surface area contributed by atoms with E-state index in [1.54, 1.807) is 6.20 Å². The lowest BCUT2D eigenvalue weighted by atomic mass is 10.2. The van der Waals surface area contributed by atoms with Crippen LogP contribution in [0.15, 0.2) is 30.7 Å². The van der Waals surface area contributed by atoms with E-state index in [0.717, 1.165) is 68.5 Å². The molecule has 0 aliphatic carbocycles. The summed E-state index contributed by atoms with van der Waals surface area (Å²) in [7, 11) is 0. The number of fused-ring (bicyclic) bond motifs is 1. The molecule has 0 aromatic carbocycles. The molecule has 4 rings (SSSR count). The van der Waals surface area contributed by atoms with E-state index in [1.165, 1.54) is 0 Å². The van der Waals surface area contributed by atoms with E-state index < -0.39 is 0 Å². The fourth-order valence-corrected chi connectivity index (χ4v) is 3.84. The van der Waals surface area contributed by atoms with Crippen molar-refractivity contribution >= 4 is 17.1 Å². The highest BCUT2D eigenvalue weighted by Crippen LogP contribution is 2.18. The van der Waals surface area contributed by atoms with Gasteiger partial charge in [0.25, 0.3) is 0 Å². The summed E-state index contributed by atoms with van der Waals surface area (Å²) < 4.78 is 7.79. The molecule has 1 fully saturated rings. The number of aryl methyl sites for hydroxylation is 1. The summed E-state index contributed by atoms with van der Waals surface area (Å²) in [4.78, 5) is 19.4. The van der Waals surface area contributed by atoms with Crippen LogP contribution in [0.2, 0.25) is 0 Å². The van der Waals surface area contributed by atoms with Crippen molar-refractivity contribution in [2.24, 2.45) is 0 Å². The van der Waals surface area contributed by atoms with Gasteiger partial charge in [0.1, 0.15) is 11.3 Å². The summed E-state index contributed by atoms with van der Waals surface area (Å²) in [6, 6.07) is 3.96. The number of H-pyrrole nitrogens is 1. The first kappa shape index (κ1) is 19.8. The molecule has 3 aromatic rings. The monoisotopic (exact) mass is 398 g/mol. The Hall–Kier alpha value is -2.49. The number of ether oxygens (including phenoxy) is 1. The third-order valence-electron chi connectivity index (χ3n) is 5.28. The van der Waals surface area contributed by atoms with Gasteiger partial charge in [-0.05, 0) is 25.5 Å². The second kappa shape index (κ2) is 9.82. The Bertz CT molecular complexity index is 872. The van der Waals surface area contributed by atoms with Crippen molar-refractivity contribution in [3.8, 4) is 0 Å². The molecule has 1 saturated heterocycles. The Morgan fingerprint density at radius 3 is 2.93 bits per heavy atom.